The maximum atomic E-state index is 11.9. The predicted octanol–water partition coefficient (Wildman–Crippen LogP) is 8.11. The smallest absolute Gasteiger partial charge is 0.286 e. The molecule has 1 aromatic heterocycles. The van der Waals surface area contributed by atoms with Gasteiger partial charge in [-0.15, -0.1) is 12.4 Å². The number of carbonyl (C=O) groups is 2. The van der Waals surface area contributed by atoms with Crippen molar-refractivity contribution < 1.29 is 24.2 Å². The highest BCUT2D eigenvalue weighted by Gasteiger charge is 2.31. The topological polar surface area (TPSA) is 114 Å². The number of amides is 2. The van der Waals surface area contributed by atoms with Crippen LogP contribution in [0.1, 0.15) is 77.1 Å². The number of carbonyl (C=O) groups excluding carboxylic acids is 2. The van der Waals surface area contributed by atoms with Crippen molar-refractivity contribution in [2.45, 2.75) is 77.1 Å². The normalized spacial score (nSPS) is 16.1. The van der Waals surface area contributed by atoms with Crippen molar-refractivity contribution in [2.75, 3.05) is 0 Å². The standard InChI is InChI=1S/C33H37N3O5S.ClH/c1-18(40-20-10-8-19(9-11-20)14-28-30(38)36-31(39)42-28)29-34-24-13-12-21(15-25(24)35-29)41-27-17-22(32(2,3)4)26(37)16-23(27)33(5,6)7;/h8-13,15-18,28,37H,14H2,1-7H3,(H,34,35)(H,36,38,39);1H. The lowest BCUT2D eigenvalue weighted by molar-refractivity contribution is -0.118. The van der Waals surface area contributed by atoms with E-state index in [1.165, 1.54) is 0 Å². The van der Waals surface area contributed by atoms with Crippen LogP contribution in [-0.2, 0) is 22.0 Å². The van der Waals surface area contributed by atoms with Gasteiger partial charge in [0.25, 0.3) is 5.24 Å². The molecule has 3 N–H and O–H groups in total. The van der Waals surface area contributed by atoms with Crippen molar-refractivity contribution in [1.29, 1.82) is 0 Å². The Hall–Kier alpha value is -3.69. The third-order valence-electron chi connectivity index (χ3n) is 7.22. The molecule has 0 aliphatic carbocycles. The minimum Gasteiger partial charge on any atom is -0.508 e. The molecule has 8 nitrogen and oxygen atoms in total. The van der Waals surface area contributed by atoms with E-state index in [1.807, 2.05) is 61.5 Å². The maximum absolute atomic E-state index is 11.9. The highest BCUT2D eigenvalue weighted by atomic mass is 35.5. The van der Waals surface area contributed by atoms with E-state index in [9.17, 15) is 14.7 Å². The number of aromatic hydroxyl groups is 1. The fourth-order valence-corrected chi connectivity index (χ4v) is 5.80. The Morgan fingerprint density at radius 3 is 2.19 bits per heavy atom. The second-order valence-corrected chi connectivity index (χ2v) is 13.9. The van der Waals surface area contributed by atoms with Crippen LogP contribution in [0.3, 0.4) is 0 Å². The van der Waals surface area contributed by atoms with Crippen molar-refractivity contribution in [3.8, 4) is 23.0 Å². The number of hydrogen-bond acceptors (Lipinski definition) is 7. The van der Waals surface area contributed by atoms with Crippen molar-refractivity contribution >= 4 is 46.3 Å². The molecule has 2 atom stereocenters. The third kappa shape index (κ3) is 7.28. The predicted molar refractivity (Wildman–Crippen MR) is 173 cm³/mol. The van der Waals surface area contributed by atoms with E-state index < -0.39 is 5.25 Å². The first-order valence-electron chi connectivity index (χ1n) is 14.0. The quantitative estimate of drug-likeness (QED) is 0.190. The number of fused-ring (bicyclic) bond motifs is 1. The molecule has 4 aromatic rings. The third-order valence-corrected chi connectivity index (χ3v) is 8.20. The van der Waals surface area contributed by atoms with Gasteiger partial charge in [0.05, 0.1) is 16.3 Å². The average Bonchev–Trinajstić information content (AvgIpc) is 3.46. The van der Waals surface area contributed by atoms with E-state index in [0.717, 1.165) is 39.5 Å². The minimum atomic E-state index is -0.401. The summed E-state index contributed by atoms with van der Waals surface area (Å²) < 4.78 is 12.6. The monoisotopic (exact) mass is 623 g/mol. The zero-order chi connectivity index (χ0) is 30.4. The van der Waals surface area contributed by atoms with Gasteiger partial charge in [0.15, 0.2) is 6.10 Å². The summed E-state index contributed by atoms with van der Waals surface area (Å²) in [7, 11) is 0. The zero-order valence-corrected chi connectivity index (χ0v) is 27.0. The van der Waals surface area contributed by atoms with Crippen molar-refractivity contribution in [3.63, 3.8) is 0 Å². The van der Waals surface area contributed by atoms with Crippen LogP contribution in [0.2, 0.25) is 0 Å². The van der Waals surface area contributed by atoms with Gasteiger partial charge in [0.1, 0.15) is 28.8 Å². The molecule has 5 rings (SSSR count). The Kier molecular flexibility index (Phi) is 9.09. The molecule has 0 radical (unpaired) electrons. The van der Waals surface area contributed by atoms with Gasteiger partial charge < -0.3 is 19.6 Å². The first-order chi connectivity index (χ1) is 19.7. The number of H-pyrrole nitrogens is 1. The fourth-order valence-electron chi connectivity index (χ4n) is 4.94. The first-order valence-corrected chi connectivity index (χ1v) is 14.9. The number of thioether (sulfide) groups is 1. The molecule has 10 heteroatoms. The Bertz CT molecular complexity index is 1650. The average molecular weight is 624 g/mol. The summed E-state index contributed by atoms with van der Waals surface area (Å²) in [6.07, 6.45) is 0.130. The Morgan fingerprint density at radius 1 is 0.930 bits per heavy atom. The number of phenolic OH excluding ortho intramolecular Hbond substituents is 1. The van der Waals surface area contributed by atoms with E-state index in [0.29, 0.717) is 29.5 Å². The number of nitrogens with zero attached hydrogens (tertiary/aromatic N) is 1. The molecule has 43 heavy (non-hydrogen) atoms. The largest absolute Gasteiger partial charge is 0.508 e. The van der Waals surface area contributed by atoms with Gasteiger partial charge >= 0.3 is 0 Å². The molecule has 228 valence electrons. The van der Waals surface area contributed by atoms with Crippen LogP contribution in [0, 0.1) is 0 Å². The number of benzene rings is 3. The molecule has 2 heterocycles. The van der Waals surface area contributed by atoms with Gasteiger partial charge in [0.2, 0.25) is 5.91 Å². The summed E-state index contributed by atoms with van der Waals surface area (Å²) in [5, 5.41) is 12.4. The number of imidazole rings is 1. The van der Waals surface area contributed by atoms with Crippen LogP contribution in [0.15, 0.2) is 54.6 Å². The Balaban J connectivity index is 0.00000423. The number of ether oxygens (including phenoxy) is 2. The molecule has 1 saturated heterocycles. The fraction of sp³-hybridized carbons (Fsp3) is 0.364. The molecule has 2 unspecified atom stereocenters. The first kappa shape index (κ1) is 32.2. The number of halogens is 1. The van der Waals surface area contributed by atoms with E-state index >= 15 is 0 Å². The zero-order valence-electron chi connectivity index (χ0n) is 25.4. The molecule has 1 aliphatic heterocycles. The molecule has 1 fully saturated rings. The van der Waals surface area contributed by atoms with Crippen LogP contribution in [0.5, 0.6) is 23.0 Å². The minimum absolute atomic E-state index is 0. The number of aromatic amines is 1. The lowest BCUT2D eigenvalue weighted by atomic mass is 9.81. The maximum Gasteiger partial charge on any atom is 0.286 e. The molecule has 3 aromatic carbocycles. The van der Waals surface area contributed by atoms with Gasteiger partial charge in [-0.3, -0.25) is 14.9 Å². The molecule has 0 spiro atoms. The van der Waals surface area contributed by atoms with Gasteiger partial charge in [-0.1, -0.05) is 65.4 Å². The van der Waals surface area contributed by atoms with Crippen LogP contribution in [0.4, 0.5) is 4.79 Å². The summed E-state index contributed by atoms with van der Waals surface area (Å²) in [5.74, 6) is 2.75. The van der Waals surface area contributed by atoms with Crippen LogP contribution < -0.4 is 14.8 Å². The Labute approximate surface area is 262 Å². The Morgan fingerprint density at radius 2 is 1.58 bits per heavy atom. The summed E-state index contributed by atoms with van der Waals surface area (Å²) in [4.78, 5) is 31.4. The summed E-state index contributed by atoms with van der Waals surface area (Å²) in [6.45, 7) is 14.4. The van der Waals surface area contributed by atoms with Crippen molar-refractivity contribution in [2.24, 2.45) is 0 Å². The number of hydrogen-bond donors (Lipinski definition) is 3. The highest BCUT2D eigenvalue weighted by Crippen LogP contribution is 2.42. The number of imide groups is 1. The van der Waals surface area contributed by atoms with E-state index in [2.05, 4.69) is 51.8 Å². The van der Waals surface area contributed by atoms with Gasteiger partial charge in [-0.2, -0.15) is 0 Å². The van der Waals surface area contributed by atoms with Gasteiger partial charge in [-0.05, 0) is 66.1 Å². The number of phenols is 1. The molecule has 0 bridgehead atoms. The molecule has 0 saturated carbocycles. The van der Waals surface area contributed by atoms with Crippen LogP contribution in [0.25, 0.3) is 11.0 Å². The lowest BCUT2D eigenvalue weighted by Gasteiger charge is -2.27. The number of rotatable bonds is 7. The van der Waals surface area contributed by atoms with Gasteiger partial charge in [-0.25, -0.2) is 4.98 Å². The molecule has 1 aliphatic rings. The number of nitrogens with one attached hydrogen (secondary N) is 2. The number of aromatic nitrogens is 2. The summed E-state index contributed by atoms with van der Waals surface area (Å²) in [5.41, 5.74) is 3.83. The SMILES string of the molecule is CC(Oc1ccc(CC2SC(=O)NC2=O)cc1)c1nc2ccc(Oc3cc(C(C)(C)C)c(O)cc3C(C)(C)C)cc2[nH]1.Cl. The van der Waals surface area contributed by atoms with E-state index in [4.69, 9.17) is 14.5 Å². The van der Waals surface area contributed by atoms with Crippen LogP contribution >= 0.6 is 24.2 Å². The highest BCUT2D eigenvalue weighted by molar-refractivity contribution is 8.15. The lowest BCUT2D eigenvalue weighted by Crippen LogP contribution is -2.25. The summed E-state index contributed by atoms with van der Waals surface area (Å²) >= 11 is 1.03. The molecular formula is C33H38ClN3O5S. The van der Waals surface area contributed by atoms with E-state index in [-0.39, 0.29) is 46.2 Å². The van der Waals surface area contributed by atoms with Crippen LogP contribution in [-0.4, -0.2) is 31.5 Å². The van der Waals surface area contributed by atoms with Gasteiger partial charge in [0, 0.05) is 17.2 Å². The van der Waals surface area contributed by atoms with E-state index in [1.54, 1.807) is 0 Å². The molecular weight excluding hydrogens is 586 g/mol. The summed E-state index contributed by atoms with van der Waals surface area (Å²) in [6, 6.07) is 17.0. The second-order valence-electron chi connectivity index (χ2n) is 12.8. The second kappa shape index (κ2) is 12.1. The molecule has 2 amide bonds. The van der Waals surface area contributed by atoms with Crippen molar-refractivity contribution in [3.05, 3.63) is 77.1 Å². The van der Waals surface area contributed by atoms with Crippen molar-refractivity contribution in [1.82, 2.24) is 15.3 Å².